The first kappa shape index (κ1) is 20.6. The van der Waals surface area contributed by atoms with E-state index in [0.717, 1.165) is 23.1 Å². The van der Waals surface area contributed by atoms with Crippen molar-refractivity contribution in [3.05, 3.63) is 73.8 Å². The Morgan fingerprint density at radius 1 is 0.885 bits per heavy atom. The lowest BCUT2D eigenvalue weighted by molar-refractivity contribution is -0.394. The quantitative estimate of drug-likeness (QED) is 0.455. The van der Waals surface area contributed by atoms with E-state index >= 15 is 0 Å². The third-order valence-corrected chi connectivity index (χ3v) is 3.69. The summed E-state index contributed by atoms with van der Waals surface area (Å²) in [6.07, 6.45) is 1.96. The summed E-state index contributed by atoms with van der Waals surface area (Å²) in [5.41, 5.74) is 9.17. The van der Waals surface area contributed by atoms with Gasteiger partial charge in [0.2, 0.25) is 11.8 Å². The van der Waals surface area contributed by atoms with E-state index in [0.29, 0.717) is 5.56 Å². The van der Waals surface area contributed by atoms with Crippen LogP contribution in [0.4, 0.5) is 11.4 Å². The maximum atomic E-state index is 10.7. The molecule has 0 saturated carbocycles. The molecule has 11 heteroatoms. The molecule has 10 nitrogen and oxygen atoms in total. The molecule has 0 heterocycles. The van der Waals surface area contributed by atoms with Gasteiger partial charge in [-0.15, -0.1) is 11.8 Å². The van der Waals surface area contributed by atoms with Crippen LogP contribution in [0, 0.1) is 20.2 Å². The predicted octanol–water partition coefficient (Wildman–Crippen LogP) is 2.11. The minimum atomic E-state index is -0.957. The van der Waals surface area contributed by atoms with Crippen LogP contribution < -0.4 is 11.5 Å². The Hall–Kier alpha value is -3.47. The van der Waals surface area contributed by atoms with E-state index < -0.39 is 27.1 Å². The summed E-state index contributed by atoms with van der Waals surface area (Å²) in [7, 11) is 0. The molecule has 2 aromatic carbocycles. The average molecular weight is 378 g/mol. The van der Waals surface area contributed by atoms with Crippen LogP contribution in [0.25, 0.3) is 0 Å². The van der Waals surface area contributed by atoms with Crippen molar-refractivity contribution in [1.82, 2.24) is 0 Å². The molecule has 0 spiro atoms. The zero-order valence-electron chi connectivity index (χ0n) is 13.4. The molecule has 0 atom stereocenters. The lowest BCUT2D eigenvalue weighted by Gasteiger charge is -1.97. The van der Waals surface area contributed by atoms with Gasteiger partial charge < -0.3 is 11.5 Å². The van der Waals surface area contributed by atoms with Gasteiger partial charge in [0.05, 0.1) is 21.5 Å². The Balaban J connectivity index is 0.000000273. The summed E-state index contributed by atoms with van der Waals surface area (Å²) in [6, 6.07) is 9.79. The zero-order valence-corrected chi connectivity index (χ0v) is 14.3. The Morgan fingerprint density at radius 3 is 1.77 bits per heavy atom. The number of hydrogen-bond donors (Lipinski definition) is 2. The summed E-state index contributed by atoms with van der Waals surface area (Å²) in [5, 5.41) is 20.8. The van der Waals surface area contributed by atoms with Gasteiger partial charge in [-0.3, -0.25) is 29.8 Å². The monoisotopic (exact) mass is 378 g/mol. The third kappa shape index (κ3) is 5.87. The highest BCUT2D eigenvalue weighted by molar-refractivity contribution is 7.98. The smallest absolute Gasteiger partial charge is 0.277 e. The van der Waals surface area contributed by atoms with E-state index in [1.54, 1.807) is 23.9 Å². The molecule has 0 fully saturated rings. The minimum absolute atomic E-state index is 0.268. The maximum absolute atomic E-state index is 10.7. The molecule has 0 saturated heterocycles. The van der Waals surface area contributed by atoms with Crippen molar-refractivity contribution >= 4 is 35.0 Å². The molecule has 136 valence electrons. The molecule has 2 amide bonds. The molecule has 26 heavy (non-hydrogen) atoms. The number of nitrogens with zero attached hydrogens (tertiary/aromatic N) is 2. The van der Waals surface area contributed by atoms with E-state index in [-0.39, 0.29) is 11.5 Å². The second-order valence-electron chi connectivity index (χ2n) is 4.71. The van der Waals surface area contributed by atoms with Crippen molar-refractivity contribution < 1.29 is 19.4 Å². The van der Waals surface area contributed by atoms with Gasteiger partial charge in [-0.2, -0.15) is 0 Å². The van der Waals surface area contributed by atoms with Crippen LogP contribution in [0.15, 0.2) is 47.4 Å². The number of hydrogen-bond acceptors (Lipinski definition) is 7. The topological polar surface area (TPSA) is 172 Å². The molecule has 0 radical (unpaired) electrons. The van der Waals surface area contributed by atoms with Gasteiger partial charge in [0, 0.05) is 22.6 Å². The highest BCUT2D eigenvalue weighted by atomic mass is 32.2. The summed E-state index contributed by atoms with van der Waals surface area (Å²) in [5.74, 6) is -1.33. The molecule has 0 aromatic heterocycles. The van der Waals surface area contributed by atoms with Crippen molar-refractivity contribution in [1.29, 1.82) is 0 Å². The second-order valence-corrected chi connectivity index (χ2v) is 5.59. The standard InChI is InChI=1S/C8H9NOS.C7H5N3O5/c1-11-7-4-2-3-6(5-7)8(9)10;8-7(11)4-1-5(9(12)13)3-6(2-4)10(14)15/h2-5H,1H3,(H2,9,10);1-3H,(H2,8,11). The summed E-state index contributed by atoms with van der Waals surface area (Å²) in [6.45, 7) is 0. The summed E-state index contributed by atoms with van der Waals surface area (Å²) < 4.78 is 0. The molecular weight excluding hydrogens is 364 g/mol. The summed E-state index contributed by atoms with van der Waals surface area (Å²) >= 11 is 1.59. The number of rotatable bonds is 5. The molecule has 2 aromatic rings. The van der Waals surface area contributed by atoms with E-state index in [2.05, 4.69) is 0 Å². The Morgan fingerprint density at radius 2 is 1.38 bits per heavy atom. The fourth-order valence-corrected chi connectivity index (χ4v) is 2.18. The number of thioether (sulfide) groups is 1. The van der Waals surface area contributed by atoms with Gasteiger partial charge >= 0.3 is 0 Å². The number of nitrogens with two attached hydrogens (primary N) is 2. The largest absolute Gasteiger partial charge is 0.366 e. The first-order valence-electron chi connectivity index (χ1n) is 6.83. The minimum Gasteiger partial charge on any atom is -0.366 e. The van der Waals surface area contributed by atoms with Gasteiger partial charge in [0.1, 0.15) is 0 Å². The number of carbonyl (C=O) groups is 2. The number of amides is 2. The molecule has 4 N–H and O–H groups in total. The number of nitro benzene ring substituents is 2. The number of nitro groups is 2. The number of carbonyl (C=O) groups excluding carboxylic acids is 2. The van der Waals surface area contributed by atoms with Crippen molar-refractivity contribution in [2.75, 3.05) is 6.26 Å². The van der Waals surface area contributed by atoms with Crippen LogP contribution in [-0.4, -0.2) is 27.9 Å². The molecule has 0 aliphatic rings. The van der Waals surface area contributed by atoms with Crippen LogP contribution >= 0.6 is 11.8 Å². The lowest BCUT2D eigenvalue weighted by Crippen LogP contribution is -2.11. The van der Waals surface area contributed by atoms with E-state index in [1.807, 2.05) is 18.4 Å². The SMILES string of the molecule is CSc1cccc(C(N)=O)c1.NC(=O)c1cc([N+](=O)[O-])cc([N+](=O)[O-])c1. The van der Waals surface area contributed by atoms with E-state index in [4.69, 9.17) is 11.5 Å². The first-order valence-corrected chi connectivity index (χ1v) is 8.05. The summed E-state index contributed by atoms with van der Waals surface area (Å²) in [4.78, 5) is 41.6. The second kappa shape index (κ2) is 9.13. The molecule has 0 aliphatic carbocycles. The van der Waals surface area contributed by atoms with Gasteiger partial charge in [0.15, 0.2) is 0 Å². The highest BCUT2D eigenvalue weighted by Gasteiger charge is 2.18. The molecule has 0 aliphatic heterocycles. The molecule has 2 rings (SSSR count). The third-order valence-electron chi connectivity index (χ3n) is 2.96. The van der Waals surface area contributed by atoms with Crippen LogP contribution in [0.3, 0.4) is 0 Å². The van der Waals surface area contributed by atoms with Crippen LogP contribution in [0.5, 0.6) is 0 Å². The van der Waals surface area contributed by atoms with Gasteiger partial charge in [-0.05, 0) is 24.5 Å². The van der Waals surface area contributed by atoms with Gasteiger partial charge in [-0.25, -0.2) is 0 Å². The van der Waals surface area contributed by atoms with Crippen LogP contribution in [0.1, 0.15) is 20.7 Å². The maximum Gasteiger partial charge on any atom is 0.277 e. The molecule has 0 unspecified atom stereocenters. The van der Waals surface area contributed by atoms with Crippen LogP contribution in [-0.2, 0) is 0 Å². The number of benzene rings is 2. The van der Waals surface area contributed by atoms with Crippen molar-refractivity contribution in [3.63, 3.8) is 0 Å². The van der Waals surface area contributed by atoms with Crippen molar-refractivity contribution in [2.24, 2.45) is 11.5 Å². The Bertz CT molecular complexity index is 792. The first-order chi connectivity index (χ1) is 12.1. The van der Waals surface area contributed by atoms with Crippen molar-refractivity contribution in [3.8, 4) is 0 Å². The number of primary amides is 2. The van der Waals surface area contributed by atoms with Gasteiger partial charge in [0.25, 0.3) is 11.4 Å². The molecular formula is C15H14N4O6S. The van der Waals surface area contributed by atoms with Crippen LogP contribution in [0.2, 0.25) is 0 Å². The lowest BCUT2D eigenvalue weighted by atomic mass is 10.1. The highest BCUT2D eigenvalue weighted by Crippen LogP contribution is 2.22. The fourth-order valence-electron chi connectivity index (χ4n) is 1.72. The normalized spacial score (nSPS) is 9.58. The van der Waals surface area contributed by atoms with Gasteiger partial charge in [-0.1, -0.05) is 6.07 Å². The average Bonchev–Trinajstić information content (AvgIpc) is 2.61. The number of non-ortho nitro benzene ring substituents is 2. The van der Waals surface area contributed by atoms with Crippen molar-refractivity contribution in [2.45, 2.75) is 4.90 Å². The van der Waals surface area contributed by atoms with E-state index in [1.165, 1.54) is 0 Å². The van der Waals surface area contributed by atoms with E-state index in [9.17, 15) is 29.8 Å². The predicted molar refractivity (Wildman–Crippen MR) is 95.0 cm³/mol. The molecule has 0 bridgehead atoms. The Kier molecular flexibility index (Phi) is 7.22. The fraction of sp³-hybridized carbons (Fsp3) is 0.0667. The Labute approximate surface area is 151 Å². The zero-order chi connectivity index (χ0) is 19.9.